The van der Waals surface area contributed by atoms with Crippen molar-refractivity contribution in [3.05, 3.63) is 48.0 Å². The van der Waals surface area contributed by atoms with Gasteiger partial charge < -0.3 is 14.5 Å². The standard InChI is InChI=1S/C19H29N3/c1-16-4-9-21(14-16)10-5-17(2)15-22-11-6-18(7-12-22)19-3-8-20-13-19/h3-4,8-9,13-14,17-18,20H,5-7,10-12,15H2,1-2H3. The number of H-pyrrole nitrogens is 1. The molecule has 2 aromatic rings. The van der Waals surface area contributed by atoms with Crippen LogP contribution in [0.25, 0.3) is 0 Å². The maximum absolute atomic E-state index is 3.19. The minimum absolute atomic E-state index is 0.764. The van der Waals surface area contributed by atoms with Crippen molar-refractivity contribution in [3.63, 3.8) is 0 Å². The Labute approximate surface area is 134 Å². The van der Waals surface area contributed by atoms with Crippen LogP contribution in [0.4, 0.5) is 0 Å². The molecule has 2 aromatic heterocycles. The minimum atomic E-state index is 0.764. The van der Waals surface area contributed by atoms with Gasteiger partial charge >= 0.3 is 0 Å². The summed E-state index contributed by atoms with van der Waals surface area (Å²) in [5.41, 5.74) is 2.86. The van der Waals surface area contributed by atoms with Crippen molar-refractivity contribution < 1.29 is 0 Å². The first-order valence-corrected chi connectivity index (χ1v) is 8.68. The van der Waals surface area contributed by atoms with Crippen LogP contribution in [-0.2, 0) is 6.54 Å². The topological polar surface area (TPSA) is 24.0 Å². The van der Waals surface area contributed by atoms with Crippen molar-refractivity contribution in [1.82, 2.24) is 14.5 Å². The monoisotopic (exact) mass is 299 g/mol. The highest BCUT2D eigenvalue weighted by molar-refractivity contribution is 5.15. The van der Waals surface area contributed by atoms with E-state index in [2.05, 4.69) is 59.0 Å². The quantitative estimate of drug-likeness (QED) is 0.855. The number of hydrogen-bond acceptors (Lipinski definition) is 1. The second-order valence-corrected chi connectivity index (χ2v) is 7.04. The molecule has 1 atom stereocenters. The number of aromatic amines is 1. The lowest BCUT2D eigenvalue weighted by molar-refractivity contribution is 0.182. The summed E-state index contributed by atoms with van der Waals surface area (Å²) in [5, 5.41) is 0. The number of likely N-dealkylation sites (tertiary alicyclic amines) is 1. The van der Waals surface area contributed by atoms with Crippen LogP contribution in [0.5, 0.6) is 0 Å². The van der Waals surface area contributed by atoms with E-state index in [-0.39, 0.29) is 0 Å². The van der Waals surface area contributed by atoms with E-state index in [1.165, 1.54) is 50.0 Å². The Kier molecular flexibility index (Phi) is 5.04. The SMILES string of the molecule is Cc1ccn(CCC(C)CN2CCC(c3cc[nH]c3)CC2)c1. The predicted octanol–water partition coefficient (Wildman–Crippen LogP) is 4.03. The summed E-state index contributed by atoms with van der Waals surface area (Å²) in [6.07, 6.45) is 12.5. The third kappa shape index (κ3) is 4.04. The Bertz CT molecular complexity index is 547. The van der Waals surface area contributed by atoms with E-state index in [0.717, 1.165) is 18.4 Å². The van der Waals surface area contributed by atoms with Crippen LogP contribution in [0, 0.1) is 12.8 Å². The molecule has 0 aromatic carbocycles. The fourth-order valence-corrected chi connectivity index (χ4v) is 3.64. The third-order valence-electron chi connectivity index (χ3n) is 5.03. The molecule has 22 heavy (non-hydrogen) atoms. The summed E-state index contributed by atoms with van der Waals surface area (Å²) in [6, 6.07) is 4.43. The van der Waals surface area contributed by atoms with E-state index in [1.807, 2.05) is 6.20 Å². The Hall–Kier alpha value is -1.48. The highest BCUT2D eigenvalue weighted by Gasteiger charge is 2.21. The van der Waals surface area contributed by atoms with Crippen molar-refractivity contribution in [2.24, 2.45) is 5.92 Å². The van der Waals surface area contributed by atoms with Crippen LogP contribution in [-0.4, -0.2) is 34.1 Å². The summed E-state index contributed by atoms with van der Waals surface area (Å²) in [5.74, 6) is 1.53. The molecule has 1 fully saturated rings. The fraction of sp³-hybridized carbons (Fsp3) is 0.579. The molecule has 1 N–H and O–H groups in total. The van der Waals surface area contributed by atoms with Crippen LogP contribution in [0.15, 0.2) is 36.9 Å². The predicted molar refractivity (Wildman–Crippen MR) is 92.2 cm³/mol. The lowest BCUT2D eigenvalue weighted by Crippen LogP contribution is -2.36. The molecular formula is C19H29N3. The number of aromatic nitrogens is 2. The van der Waals surface area contributed by atoms with Gasteiger partial charge in [-0.2, -0.15) is 0 Å². The number of hydrogen-bond donors (Lipinski definition) is 1. The fourth-order valence-electron chi connectivity index (χ4n) is 3.64. The van der Waals surface area contributed by atoms with Gasteiger partial charge in [0.25, 0.3) is 0 Å². The van der Waals surface area contributed by atoms with Crippen LogP contribution in [0.1, 0.15) is 43.2 Å². The van der Waals surface area contributed by atoms with Crippen molar-refractivity contribution in [2.75, 3.05) is 19.6 Å². The molecule has 0 aliphatic carbocycles. The van der Waals surface area contributed by atoms with Gasteiger partial charge in [0.2, 0.25) is 0 Å². The van der Waals surface area contributed by atoms with Crippen LogP contribution < -0.4 is 0 Å². The van der Waals surface area contributed by atoms with Gasteiger partial charge in [0, 0.05) is 37.9 Å². The zero-order valence-electron chi connectivity index (χ0n) is 14.0. The van der Waals surface area contributed by atoms with E-state index in [4.69, 9.17) is 0 Å². The minimum Gasteiger partial charge on any atom is -0.367 e. The molecule has 1 saturated heterocycles. The Morgan fingerprint density at radius 2 is 2.09 bits per heavy atom. The number of piperidine rings is 1. The van der Waals surface area contributed by atoms with E-state index in [1.54, 1.807) is 0 Å². The second kappa shape index (κ2) is 7.19. The normalized spacial score (nSPS) is 18.6. The third-order valence-corrected chi connectivity index (χ3v) is 5.03. The van der Waals surface area contributed by atoms with Crippen molar-refractivity contribution in [1.29, 1.82) is 0 Å². The summed E-state index contributed by atoms with van der Waals surface area (Å²) in [6.45, 7) is 9.46. The summed E-state index contributed by atoms with van der Waals surface area (Å²) in [7, 11) is 0. The van der Waals surface area contributed by atoms with Gasteiger partial charge in [0.05, 0.1) is 0 Å². The average Bonchev–Trinajstić information content (AvgIpc) is 3.17. The van der Waals surface area contributed by atoms with Gasteiger partial charge in [-0.1, -0.05) is 6.92 Å². The highest BCUT2D eigenvalue weighted by Crippen LogP contribution is 2.28. The van der Waals surface area contributed by atoms with Crippen LogP contribution >= 0.6 is 0 Å². The lowest BCUT2D eigenvalue weighted by Gasteiger charge is -2.33. The maximum atomic E-state index is 3.19. The lowest BCUT2D eigenvalue weighted by atomic mass is 9.91. The van der Waals surface area contributed by atoms with E-state index >= 15 is 0 Å². The van der Waals surface area contributed by atoms with Gasteiger partial charge in [0.1, 0.15) is 0 Å². The molecule has 120 valence electrons. The molecule has 3 heterocycles. The molecule has 1 aliphatic heterocycles. The van der Waals surface area contributed by atoms with Gasteiger partial charge in [-0.3, -0.25) is 0 Å². The van der Waals surface area contributed by atoms with Gasteiger partial charge in [-0.25, -0.2) is 0 Å². The first kappa shape index (κ1) is 15.4. The Morgan fingerprint density at radius 1 is 1.27 bits per heavy atom. The highest BCUT2D eigenvalue weighted by atomic mass is 15.1. The number of rotatable bonds is 6. The summed E-state index contributed by atoms with van der Waals surface area (Å²) >= 11 is 0. The molecule has 0 bridgehead atoms. The summed E-state index contributed by atoms with van der Waals surface area (Å²) in [4.78, 5) is 5.85. The second-order valence-electron chi connectivity index (χ2n) is 7.04. The average molecular weight is 299 g/mol. The van der Waals surface area contributed by atoms with E-state index < -0.39 is 0 Å². The van der Waals surface area contributed by atoms with E-state index in [9.17, 15) is 0 Å². The summed E-state index contributed by atoms with van der Waals surface area (Å²) < 4.78 is 2.32. The van der Waals surface area contributed by atoms with Crippen LogP contribution in [0.3, 0.4) is 0 Å². The van der Waals surface area contributed by atoms with Crippen LogP contribution in [0.2, 0.25) is 0 Å². The molecule has 3 heteroatoms. The zero-order valence-corrected chi connectivity index (χ0v) is 14.0. The van der Waals surface area contributed by atoms with Crippen molar-refractivity contribution in [3.8, 4) is 0 Å². The molecule has 0 saturated carbocycles. The Morgan fingerprint density at radius 3 is 2.73 bits per heavy atom. The van der Waals surface area contributed by atoms with Gasteiger partial charge in [-0.15, -0.1) is 0 Å². The molecule has 1 unspecified atom stereocenters. The molecule has 0 spiro atoms. The smallest absolute Gasteiger partial charge is 0.0222 e. The molecule has 3 rings (SSSR count). The molecule has 0 amide bonds. The molecule has 0 radical (unpaired) electrons. The molecular weight excluding hydrogens is 270 g/mol. The van der Waals surface area contributed by atoms with Crippen molar-refractivity contribution >= 4 is 0 Å². The Balaban J connectivity index is 1.38. The number of nitrogens with zero attached hydrogens (tertiary/aromatic N) is 2. The molecule has 3 nitrogen and oxygen atoms in total. The van der Waals surface area contributed by atoms with Gasteiger partial charge in [0.15, 0.2) is 0 Å². The molecule has 1 aliphatic rings. The number of nitrogens with one attached hydrogen (secondary N) is 1. The first-order valence-electron chi connectivity index (χ1n) is 8.68. The zero-order chi connectivity index (χ0) is 15.4. The first-order chi connectivity index (χ1) is 10.7. The van der Waals surface area contributed by atoms with Crippen molar-refractivity contribution in [2.45, 2.75) is 45.6 Å². The van der Waals surface area contributed by atoms with E-state index in [0.29, 0.717) is 0 Å². The largest absolute Gasteiger partial charge is 0.367 e. The van der Waals surface area contributed by atoms with Gasteiger partial charge in [-0.05, 0) is 74.4 Å². The number of aryl methyl sites for hydroxylation is 2. The maximum Gasteiger partial charge on any atom is 0.0222 e.